The number of aliphatic imine (C=N–C) groups is 1. The first-order chi connectivity index (χ1) is 15.4. The highest BCUT2D eigenvalue weighted by Crippen LogP contribution is 2.32. The van der Waals surface area contributed by atoms with Crippen molar-refractivity contribution in [3.05, 3.63) is 23.8 Å². The first-order valence-corrected chi connectivity index (χ1v) is 11.2. The molecule has 1 aliphatic rings. The lowest BCUT2D eigenvalue weighted by Crippen LogP contribution is -2.48. The minimum absolute atomic E-state index is 0.0418. The van der Waals surface area contributed by atoms with E-state index in [0.29, 0.717) is 37.2 Å². The number of methoxy groups -OCH3 is 2. The normalized spacial score (nSPS) is 16.8. The van der Waals surface area contributed by atoms with E-state index < -0.39 is 0 Å². The molecule has 2 N–H and O–H groups in total. The van der Waals surface area contributed by atoms with Crippen molar-refractivity contribution in [2.75, 3.05) is 67.7 Å². The van der Waals surface area contributed by atoms with Crippen molar-refractivity contribution in [3.8, 4) is 11.5 Å². The van der Waals surface area contributed by atoms with Gasteiger partial charge in [-0.1, -0.05) is 13.0 Å². The van der Waals surface area contributed by atoms with Crippen LogP contribution in [-0.4, -0.2) is 95.4 Å². The number of rotatable bonds is 10. The molecular formula is C23H39N5O4. The molecule has 0 radical (unpaired) electrons. The lowest BCUT2D eigenvalue weighted by Gasteiger charge is -2.35. The van der Waals surface area contributed by atoms with Gasteiger partial charge < -0.3 is 29.7 Å². The van der Waals surface area contributed by atoms with Crippen LogP contribution in [0.25, 0.3) is 0 Å². The third kappa shape index (κ3) is 7.56. The number of carbonyl (C=O) groups is 1. The van der Waals surface area contributed by atoms with Crippen LogP contribution in [-0.2, 0) is 9.53 Å². The Bertz CT molecular complexity index is 750. The number of hydrogen-bond donors (Lipinski definition) is 2. The van der Waals surface area contributed by atoms with Gasteiger partial charge in [0.05, 0.1) is 33.5 Å². The summed E-state index contributed by atoms with van der Waals surface area (Å²) in [6, 6.07) is 6.34. The second-order valence-corrected chi connectivity index (χ2v) is 8.07. The van der Waals surface area contributed by atoms with Gasteiger partial charge in [-0.2, -0.15) is 0 Å². The molecule has 0 saturated carbocycles. The molecule has 1 aromatic rings. The third-order valence-electron chi connectivity index (χ3n) is 5.61. The molecule has 2 atom stereocenters. The zero-order valence-electron chi connectivity index (χ0n) is 20.3. The Balaban J connectivity index is 2.24. The summed E-state index contributed by atoms with van der Waals surface area (Å²) in [4.78, 5) is 20.5. The quantitative estimate of drug-likeness (QED) is 0.413. The summed E-state index contributed by atoms with van der Waals surface area (Å²) in [5.41, 5.74) is 1.12. The van der Waals surface area contributed by atoms with Crippen LogP contribution in [0.15, 0.2) is 23.2 Å². The number of morpholine rings is 1. The van der Waals surface area contributed by atoms with Gasteiger partial charge in [-0.3, -0.25) is 9.69 Å². The smallest absolute Gasteiger partial charge is 0.243 e. The molecular weight excluding hydrogens is 410 g/mol. The van der Waals surface area contributed by atoms with Crippen LogP contribution in [0.1, 0.15) is 31.9 Å². The average molecular weight is 450 g/mol. The van der Waals surface area contributed by atoms with E-state index in [-0.39, 0.29) is 24.5 Å². The Hall–Kier alpha value is -2.52. The largest absolute Gasteiger partial charge is 0.493 e. The SMILES string of the molecule is CCC(C)NC(=NCC(=O)N(C)C)NCC(c1ccc(OC)c(OC)c1)N1CCOCC1. The van der Waals surface area contributed by atoms with Crippen molar-refractivity contribution in [3.63, 3.8) is 0 Å². The summed E-state index contributed by atoms with van der Waals surface area (Å²) in [6.45, 7) is 8.00. The Labute approximate surface area is 192 Å². The summed E-state index contributed by atoms with van der Waals surface area (Å²) in [6.07, 6.45) is 0.949. The zero-order chi connectivity index (χ0) is 23.5. The van der Waals surface area contributed by atoms with Crippen molar-refractivity contribution in [1.82, 2.24) is 20.4 Å². The van der Waals surface area contributed by atoms with Gasteiger partial charge in [-0.25, -0.2) is 4.99 Å². The van der Waals surface area contributed by atoms with Crippen LogP contribution in [0.3, 0.4) is 0 Å². The minimum atomic E-state index is -0.0418. The van der Waals surface area contributed by atoms with Gasteiger partial charge in [-0.05, 0) is 31.0 Å². The number of likely N-dealkylation sites (N-methyl/N-ethyl adjacent to an activating group) is 1. The maximum absolute atomic E-state index is 12.1. The van der Waals surface area contributed by atoms with Crippen LogP contribution in [0.2, 0.25) is 0 Å². The number of amides is 1. The van der Waals surface area contributed by atoms with Crippen LogP contribution in [0.5, 0.6) is 11.5 Å². The van der Waals surface area contributed by atoms with Gasteiger partial charge in [0.1, 0.15) is 6.54 Å². The van der Waals surface area contributed by atoms with Crippen molar-refractivity contribution in [2.24, 2.45) is 4.99 Å². The van der Waals surface area contributed by atoms with E-state index in [1.165, 1.54) is 0 Å². The summed E-state index contributed by atoms with van der Waals surface area (Å²) in [5, 5.41) is 6.85. The Morgan fingerprint density at radius 1 is 1.22 bits per heavy atom. The van der Waals surface area contributed by atoms with Crippen LogP contribution < -0.4 is 20.1 Å². The summed E-state index contributed by atoms with van der Waals surface area (Å²) >= 11 is 0. The van der Waals surface area contributed by atoms with Gasteiger partial charge in [-0.15, -0.1) is 0 Å². The molecule has 0 aliphatic carbocycles. The van der Waals surface area contributed by atoms with Gasteiger partial charge in [0, 0.05) is 39.8 Å². The molecule has 9 heteroatoms. The van der Waals surface area contributed by atoms with Gasteiger partial charge >= 0.3 is 0 Å². The molecule has 1 saturated heterocycles. The fraction of sp³-hybridized carbons (Fsp3) is 0.652. The number of hydrogen-bond acceptors (Lipinski definition) is 6. The lowest BCUT2D eigenvalue weighted by atomic mass is 10.0. The number of benzene rings is 1. The Kier molecular flexibility index (Phi) is 10.6. The molecule has 0 aromatic heterocycles. The Morgan fingerprint density at radius 3 is 2.50 bits per heavy atom. The Morgan fingerprint density at radius 2 is 1.91 bits per heavy atom. The van der Waals surface area contributed by atoms with Crippen molar-refractivity contribution >= 4 is 11.9 Å². The predicted octanol–water partition coefficient (Wildman–Crippen LogP) is 1.50. The maximum atomic E-state index is 12.1. The standard InChI is InChI=1S/C23H39N5O4/c1-7-17(2)26-23(25-16-22(29)27(3)4)24-15-19(28-10-12-32-13-11-28)18-8-9-20(30-5)21(14-18)31-6/h8-9,14,17,19H,7,10-13,15-16H2,1-6H3,(H2,24,25,26). The highest BCUT2D eigenvalue weighted by atomic mass is 16.5. The maximum Gasteiger partial charge on any atom is 0.243 e. The molecule has 1 amide bonds. The zero-order valence-corrected chi connectivity index (χ0v) is 20.3. The minimum Gasteiger partial charge on any atom is -0.493 e. The molecule has 1 aliphatic heterocycles. The topological polar surface area (TPSA) is 87.7 Å². The molecule has 1 fully saturated rings. The lowest BCUT2D eigenvalue weighted by molar-refractivity contribution is -0.127. The molecule has 0 spiro atoms. The summed E-state index contributed by atoms with van der Waals surface area (Å²) < 4.78 is 16.5. The molecule has 2 unspecified atom stereocenters. The van der Waals surface area contributed by atoms with Gasteiger partial charge in [0.15, 0.2) is 17.5 Å². The molecule has 1 aromatic carbocycles. The number of nitrogens with zero attached hydrogens (tertiary/aromatic N) is 3. The van der Waals surface area contributed by atoms with Crippen molar-refractivity contribution in [2.45, 2.75) is 32.4 Å². The first kappa shape index (κ1) is 25.7. The molecule has 1 heterocycles. The predicted molar refractivity (Wildman–Crippen MR) is 127 cm³/mol. The fourth-order valence-corrected chi connectivity index (χ4v) is 3.38. The van der Waals surface area contributed by atoms with E-state index in [1.54, 1.807) is 33.2 Å². The monoisotopic (exact) mass is 449 g/mol. The van der Waals surface area contributed by atoms with Crippen molar-refractivity contribution in [1.29, 1.82) is 0 Å². The van der Waals surface area contributed by atoms with E-state index in [1.807, 2.05) is 12.1 Å². The van der Waals surface area contributed by atoms with E-state index in [4.69, 9.17) is 14.2 Å². The number of nitrogens with one attached hydrogen (secondary N) is 2. The highest BCUT2D eigenvalue weighted by Gasteiger charge is 2.24. The van der Waals surface area contributed by atoms with Crippen LogP contribution >= 0.6 is 0 Å². The molecule has 9 nitrogen and oxygen atoms in total. The number of carbonyl (C=O) groups excluding carboxylic acids is 1. The van der Waals surface area contributed by atoms with E-state index in [0.717, 1.165) is 25.1 Å². The molecule has 0 bridgehead atoms. The van der Waals surface area contributed by atoms with Crippen molar-refractivity contribution < 1.29 is 19.0 Å². The average Bonchev–Trinajstić information content (AvgIpc) is 2.82. The number of guanidine groups is 1. The first-order valence-electron chi connectivity index (χ1n) is 11.2. The second-order valence-electron chi connectivity index (χ2n) is 8.07. The van der Waals surface area contributed by atoms with Gasteiger partial charge in [0.25, 0.3) is 0 Å². The van der Waals surface area contributed by atoms with E-state index in [9.17, 15) is 4.79 Å². The molecule has 180 valence electrons. The van der Waals surface area contributed by atoms with Crippen LogP contribution in [0, 0.1) is 0 Å². The van der Waals surface area contributed by atoms with E-state index >= 15 is 0 Å². The van der Waals surface area contributed by atoms with E-state index in [2.05, 4.69) is 40.4 Å². The van der Waals surface area contributed by atoms with Gasteiger partial charge in [0.2, 0.25) is 5.91 Å². The molecule has 2 rings (SSSR count). The summed E-state index contributed by atoms with van der Waals surface area (Å²) in [7, 11) is 6.75. The highest BCUT2D eigenvalue weighted by molar-refractivity contribution is 5.85. The van der Waals surface area contributed by atoms with Crippen LogP contribution in [0.4, 0.5) is 0 Å². The summed E-state index contributed by atoms with van der Waals surface area (Å²) in [5.74, 6) is 1.99. The second kappa shape index (κ2) is 13.1. The number of ether oxygens (including phenoxy) is 3. The molecule has 32 heavy (non-hydrogen) atoms. The third-order valence-corrected chi connectivity index (χ3v) is 5.61. The fourth-order valence-electron chi connectivity index (χ4n) is 3.38.